The summed E-state index contributed by atoms with van der Waals surface area (Å²) in [4.78, 5) is 16.1. The van der Waals surface area contributed by atoms with E-state index >= 15 is 0 Å². The number of thiazole rings is 1. The molecule has 0 aliphatic heterocycles. The average molecular weight is 392 g/mol. The molecule has 0 spiro atoms. The van der Waals surface area contributed by atoms with Crippen molar-refractivity contribution in [2.24, 2.45) is 0 Å². The van der Waals surface area contributed by atoms with Gasteiger partial charge in [-0.2, -0.15) is 0 Å². The molecule has 2 aromatic heterocycles. The van der Waals surface area contributed by atoms with Crippen LogP contribution >= 0.6 is 11.3 Å². The summed E-state index contributed by atoms with van der Waals surface area (Å²) in [6, 6.07) is 16.2. The molecule has 142 valence electrons. The number of nitrogens with zero attached hydrogens (tertiary/aromatic N) is 2. The third-order valence-electron chi connectivity index (χ3n) is 4.61. The average Bonchev–Trinajstić information content (AvgIpc) is 3.28. The summed E-state index contributed by atoms with van der Waals surface area (Å²) in [5, 5.41) is 11.2. The first-order valence-electron chi connectivity index (χ1n) is 9.04. The maximum Gasteiger partial charge on any atom is 0.356 e. The molecule has 0 amide bonds. The minimum atomic E-state index is -1.03. The van der Waals surface area contributed by atoms with Crippen LogP contribution in [0.1, 0.15) is 41.4 Å². The molecule has 0 aliphatic carbocycles. The standard InChI is InChI=1S/C22H20N2O3S/c1-14(2)16-8-9-20(27-12-15-6-4-3-5-7-15)17(10-16)19-13-28-22-23-18(21(25)26)11-24(19)22/h3-11,13-14H,12H2,1-2H3,(H,25,26). The second-order valence-electron chi connectivity index (χ2n) is 6.89. The van der Waals surface area contributed by atoms with E-state index in [0.29, 0.717) is 17.5 Å². The van der Waals surface area contributed by atoms with Crippen molar-refractivity contribution in [2.75, 3.05) is 0 Å². The number of fused-ring (bicyclic) bond motifs is 1. The number of hydrogen-bond donors (Lipinski definition) is 1. The molecule has 4 rings (SSSR count). The van der Waals surface area contributed by atoms with Crippen LogP contribution in [-0.4, -0.2) is 20.5 Å². The molecule has 5 nitrogen and oxygen atoms in total. The summed E-state index contributed by atoms with van der Waals surface area (Å²) in [6.07, 6.45) is 1.56. The lowest BCUT2D eigenvalue weighted by Crippen LogP contribution is -1.99. The van der Waals surface area contributed by atoms with Crippen LogP contribution in [0.2, 0.25) is 0 Å². The molecule has 0 radical (unpaired) electrons. The topological polar surface area (TPSA) is 63.8 Å². The maximum absolute atomic E-state index is 11.3. The van der Waals surface area contributed by atoms with Crippen molar-refractivity contribution in [1.82, 2.24) is 9.38 Å². The van der Waals surface area contributed by atoms with E-state index in [1.165, 1.54) is 16.9 Å². The molecule has 28 heavy (non-hydrogen) atoms. The zero-order valence-electron chi connectivity index (χ0n) is 15.6. The number of hydrogen-bond acceptors (Lipinski definition) is 4. The highest BCUT2D eigenvalue weighted by atomic mass is 32.1. The van der Waals surface area contributed by atoms with Crippen LogP contribution in [0, 0.1) is 0 Å². The molecule has 0 unspecified atom stereocenters. The number of ether oxygens (including phenoxy) is 1. The molecule has 6 heteroatoms. The Morgan fingerprint density at radius 1 is 1.21 bits per heavy atom. The highest BCUT2D eigenvalue weighted by Crippen LogP contribution is 2.36. The molecular formula is C22H20N2O3S. The van der Waals surface area contributed by atoms with Gasteiger partial charge in [0.2, 0.25) is 0 Å². The van der Waals surface area contributed by atoms with E-state index in [0.717, 1.165) is 22.6 Å². The highest BCUT2D eigenvalue weighted by molar-refractivity contribution is 7.15. The van der Waals surface area contributed by atoms with Crippen LogP contribution in [0.25, 0.3) is 16.2 Å². The second kappa shape index (κ2) is 7.48. The van der Waals surface area contributed by atoms with Gasteiger partial charge in [0.1, 0.15) is 12.4 Å². The Bertz CT molecular complexity index is 1130. The first-order chi connectivity index (χ1) is 13.5. The molecule has 0 saturated heterocycles. The Labute approximate surface area is 166 Å². The lowest BCUT2D eigenvalue weighted by Gasteiger charge is -2.14. The maximum atomic E-state index is 11.3. The fraction of sp³-hybridized carbons (Fsp3) is 0.182. The lowest BCUT2D eigenvalue weighted by atomic mass is 9.99. The summed E-state index contributed by atoms with van der Waals surface area (Å²) in [6.45, 7) is 4.76. The van der Waals surface area contributed by atoms with Gasteiger partial charge in [0, 0.05) is 17.1 Å². The predicted molar refractivity (Wildman–Crippen MR) is 110 cm³/mol. The second-order valence-corrected chi connectivity index (χ2v) is 7.73. The smallest absolute Gasteiger partial charge is 0.356 e. The molecule has 0 saturated carbocycles. The number of benzene rings is 2. The summed E-state index contributed by atoms with van der Waals surface area (Å²) < 4.78 is 7.96. The van der Waals surface area contributed by atoms with E-state index in [1.807, 2.05) is 46.2 Å². The van der Waals surface area contributed by atoms with Gasteiger partial charge in [-0.25, -0.2) is 9.78 Å². The van der Waals surface area contributed by atoms with E-state index in [-0.39, 0.29) is 5.69 Å². The monoisotopic (exact) mass is 392 g/mol. The molecule has 2 heterocycles. The molecule has 2 aromatic carbocycles. The third kappa shape index (κ3) is 3.51. The van der Waals surface area contributed by atoms with Crippen LogP contribution in [0.5, 0.6) is 5.75 Å². The molecule has 0 fully saturated rings. The Hall–Kier alpha value is -3.12. The van der Waals surface area contributed by atoms with Gasteiger partial charge in [0.15, 0.2) is 10.7 Å². The number of carbonyl (C=O) groups is 1. The van der Waals surface area contributed by atoms with Gasteiger partial charge in [0.05, 0.1) is 5.69 Å². The quantitative estimate of drug-likeness (QED) is 0.473. The van der Waals surface area contributed by atoms with Crippen LogP contribution in [-0.2, 0) is 6.61 Å². The summed E-state index contributed by atoms with van der Waals surface area (Å²) in [5.74, 6) is 0.102. The van der Waals surface area contributed by atoms with Crippen molar-refractivity contribution in [3.05, 3.63) is 76.9 Å². The number of carboxylic acids is 1. The number of aromatic nitrogens is 2. The Balaban J connectivity index is 1.77. The SMILES string of the molecule is CC(C)c1ccc(OCc2ccccc2)c(-c2csc3nc(C(=O)O)cn23)c1. The minimum absolute atomic E-state index is 0.0415. The number of carboxylic acid groups (broad SMARTS) is 1. The zero-order valence-corrected chi connectivity index (χ0v) is 16.4. The van der Waals surface area contributed by atoms with Crippen LogP contribution in [0.4, 0.5) is 0 Å². The molecule has 0 aliphatic rings. The third-order valence-corrected chi connectivity index (χ3v) is 5.45. The zero-order chi connectivity index (χ0) is 19.7. The van der Waals surface area contributed by atoms with Crippen LogP contribution in [0.15, 0.2) is 60.1 Å². The summed E-state index contributed by atoms with van der Waals surface area (Å²) >= 11 is 1.42. The molecular weight excluding hydrogens is 372 g/mol. The van der Waals surface area contributed by atoms with E-state index in [4.69, 9.17) is 4.74 Å². The first kappa shape index (κ1) is 18.3. The van der Waals surface area contributed by atoms with Crippen molar-refractivity contribution in [3.63, 3.8) is 0 Å². The number of rotatable bonds is 6. The highest BCUT2D eigenvalue weighted by Gasteiger charge is 2.17. The number of aromatic carboxylic acids is 1. The van der Waals surface area contributed by atoms with Gasteiger partial charge in [0.25, 0.3) is 0 Å². The normalized spacial score (nSPS) is 11.2. The van der Waals surface area contributed by atoms with Crippen molar-refractivity contribution < 1.29 is 14.6 Å². The van der Waals surface area contributed by atoms with Gasteiger partial charge < -0.3 is 9.84 Å². The van der Waals surface area contributed by atoms with Gasteiger partial charge in [-0.3, -0.25) is 4.40 Å². The largest absolute Gasteiger partial charge is 0.488 e. The Morgan fingerprint density at radius 2 is 2.00 bits per heavy atom. The van der Waals surface area contributed by atoms with E-state index in [2.05, 4.69) is 31.0 Å². The summed E-state index contributed by atoms with van der Waals surface area (Å²) in [7, 11) is 0. The van der Waals surface area contributed by atoms with Gasteiger partial charge in [-0.15, -0.1) is 11.3 Å². The fourth-order valence-electron chi connectivity index (χ4n) is 3.05. The van der Waals surface area contributed by atoms with Crippen molar-refractivity contribution in [2.45, 2.75) is 26.4 Å². The van der Waals surface area contributed by atoms with E-state index in [9.17, 15) is 9.90 Å². The van der Waals surface area contributed by atoms with E-state index in [1.54, 1.807) is 6.20 Å². The molecule has 0 bridgehead atoms. The predicted octanol–water partition coefficient (Wildman–Crippen LogP) is 5.46. The van der Waals surface area contributed by atoms with Crippen molar-refractivity contribution in [1.29, 1.82) is 0 Å². The lowest BCUT2D eigenvalue weighted by molar-refractivity contribution is 0.0691. The fourth-order valence-corrected chi connectivity index (χ4v) is 3.92. The van der Waals surface area contributed by atoms with E-state index < -0.39 is 5.97 Å². The molecule has 0 atom stereocenters. The summed E-state index contributed by atoms with van der Waals surface area (Å²) in [5.41, 5.74) is 4.14. The van der Waals surface area contributed by atoms with Crippen LogP contribution < -0.4 is 4.74 Å². The van der Waals surface area contributed by atoms with Crippen molar-refractivity contribution in [3.8, 4) is 17.0 Å². The van der Waals surface area contributed by atoms with Gasteiger partial charge in [-0.05, 0) is 29.2 Å². The molecule has 1 N–H and O–H groups in total. The first-order valence-corrected chi connectivity index (χ1v) is 9.92. The number of imidazole rings is 1. The molecule has 4 aromatic rings. The van der Waals surface area contributed by atoms with Crippen LogP contribution in [0.3, 0.4) is 0 Å². The van der Waals surface area contributed by atoms with Crippen molar-refractivity contribution >= 4 is 22.3 Å². The Morgan fingerprint density at radius 3 is 2.71 bits per heavy atom. The van der Waals surface area contributed by atoms with Gasteiger partial charge >= 0.3 is 5.97 Å². The Kier molecular flexibility index (Phi) is 4.88. The van der Waals surface area contributed by atoms with Gasteiger partial charge in [-0.1, -0.05) is 50.2 Å². The minimum Gasteiger partial charge on any atom is -0.488 e.